The molecule has 1 fully saturated rings. The quantitative estimate of drug-likeness (QED) is 0.225. The van der Waals surface area contributed by atoms with Gasteiger partial charge in [0.1, 0.15) is 11.2 Å². The molecule has 8 heteroatoms. The van der Waals surface area contributed by atoms with Crippen molar-refractivity contribution in [3.8, 4) is 11.1 Å². The fourth-order valence-corrected chi connectivity index (χ4v) is 4.73. The highest BCUT2D eigenvalue weighted by Gasteiger charge is 2.51. The number of fused-ring (bicyclic) bond motifs is 2. The van der Waals surface area contributed by atoms with Crippen molar-refractivity contribution < 1.29 is 14.5 Å². The van der Waals surface area contributed by atoms with E-state index in [1.54, 1.807) is 27.9 Å². The second-order valence-corrected chi connectivity index (χ2v) is 8.59. The molecule has 34 heavy (non-hydrogen) atoms. The van der Waals surface area contributed by atoms with Crippen LogP contribution in [0.5, 0.6) is 0 Å². The first-order chi connectivity index (χ1) is 16.4. The van der Waals surface area contributed by atoms with Gasteiger partial charge in [0.25, 0.3) is 11.6 Å². The topological polar surface area (TPSA) is 93.8 Å². The minimum atomic E-state index is -0.624. The summed E-state index contributed by atoms with van der Waals surface area (Å²) >= 11 is 0. The number of epoxide rings is 1. The number of carbonyl (C=O) groups is 1. The number of nitro benzene ring substituents is 1. The molecule has 1 aromatic heterocycles. The van der Waals surface area contributed by atoms with Gasteiger partial charge >= 0.3 is 0 Å². The minimum Gasteiger partial charge on any atom is -0.363 e. The third-order valence-corrected chi connectivity index (χ3v) is 6.51. The normalized spacial score (nSPS) is 19.8. The predicted octanol–water partition coefficient (Wildman–Crippen LogP) is 4.56. The van der Waals surface area contributed by atoms with Crippen molar-refractivity contribution in [2.75, 3.05) is 13.2 Å². The molecule has 1 saturated heterocycles. The van der Waals surface area contributed by atoms with Crippen LogP contribution < -0.4 is 0 Å². The van der Waals surface area contributed by atoms with Crippen molar-refractivity contribution in [1.29, 1.82) is 0 Å². The van der Waals surface area contributed by atoms with Gasteiger partial charge in [0.15, 0.2) is 0 Å². The van der Waals surface area contributed by atoms with Gasteiger partial charge in [-0.3, -0.25) is 19.6 Å². The molecule has 5 rings (SSSR count). The van der Waals surface area contributed by atoms with Crippen LogP contribution in [0.1, 0.15) is 22.8 Å². The van der Waals surface area contributed by atoms with Gasteiger partial charge in [-0.15, -0.1) is 0 Å². The summed E-state index contributed by atoms with van der Waals surface area (Å²) in [5.74, 6) is -0.349. The van der Waals surface area contributed by atoms with Crippen molar-refractivity contribution in [3.63, 3.8) is 0 Å². The molecule has 3 heterocycles. The highest BCUT2D eigenvalue weighted by atomic mass is 16.6. The van der Waals surface area contributed by atoms with Crippen LogP contribution in [0.15, 0.2) is 73.0 Å². The number of allylic oxidation sites excluding steroid dienone is 3. The molecular weight excluding hydrogens is 432 g/mol. The Labute approximate surface area is 196 Å². The van der Waals surface area contributed by atoms with Crippen LogP contribution in [-0.2, 0) is 18.3 Å². The van der Waals surface area contributed by atoms with E-state index in [1.165, 1.54) is 6.07 Å². The van der Waals surface area contributed by atoms with E-state index < -0.39 is 10.5 Å². The summed E-state index contributed by atoms with van der Waals surface area (Å²) in [5, 5.41) is 17.1. The first-order valence-corrected chi connectivity index (χ1v) is 11.0. The van der Waals surface area contributed by atoms with Gasteiger partial charge in [0, 0.05) is 25.0 Å². The highest BCUT2D eigenvalue weighted by Crippen LogP contribution is 2.42. The summed E-state index contributed by atoms with van der Waals surface area (Å²) in [6.45, 7) is 6.75. The minimum absolute atomic E-state index is 0.156. The molecule has 1 amide bonds. The first-order valence-electron chi connectivity index (χ1n) is 11.0. The zero-order valence-electron chi connectivity index (χ0n) is 19.0. The number of nitro groups is 1. The largest absolute Gasteiger partial charge is 0.363 e. The van der Waals surface area contributed by atoms with Gasteiger partial charge in [0.2, 0.25) is 0 Å². The number of ether oxygens (including phenoxy) is 1. The molecule has 0 saturated carbocycles. The fourth-order valence-electron chi connectivity index (χ4n) is 4.73. The Hall–Kier alpha value is -4.04. The van der Waals surface area contributed by atoms with Crippen molar-refractivity contribution in [1.82, 2.24) is 14.7 Å². The van der Waals surface area contributed by atoms with E-state index in [-0.39, 0.29) is 23.7 Å². The van der Waals surface area contributed by atoms with E-state index in [2.05, 4.69) is 11.7 Å². The third-order valence-electron chi connectivity index (χ3n) is 6.51. The van der Waals surface area contributed by atoms with E-state index in [0.717, 1.165) is 27.6 Å². The van der Waals surface area contributed by atoms with Gasteiger partial charge in [-0.2, -0.15) is 5.10 Å². The molecule has 2 aliphatic heterocycles. The van der Waals surface area contributed by atoms with E-state index in [9.17, 15) is 14.9 Å². The van der Waals surface area contributed by atoms with Gasteiger partial charge < -0.3 is 9.64 Å². The number of nitrogens with zero attached hydrogens (tertiary/aromatic N) is 4. The fraction of sp³-hybridized carbons (Fsp3) is 0.231. The van der Waals surface area contributed by atoms with Crippen molar-refractivity contribution in [2.45, 2.75) is 19.1 Å². The van der Waals surface area contributed by atoms with Gasteiger partial charge in [-0.25, -0.2) is 0 Å². The maximum absolute atomic E-state index is 13.5. The maximum atomic E-state index is 13.5. The third kappa shape index (κ3) is 3.43. The molecule has 2 aromatic carbocycles. The summed E-state index contributed by atoms with van der Waals surface area (Å²) in [4.78, 5) is 26.4. The molecule has 172 valence electrons. The summed E-state index contributed by atoms with van der Waals surface area (Å²) < 4.78 is 7.60. The van der Waals surface area contributed by atoms with Crippen molar-refractivity contribution >= 4 is 22.5 Å². The number of benzene rings is 2. The molecule has 1 unspecified atom stereocenters. The smallest absolute Gasteiger partial charge is 0.282 e. The Morgan fingerprint density at radius 2 is 2.15 bits per heavy atom. The predicted molar refractivity (Wildman–Crippen MR) is 129 cm³/mol. The zero-order valence-corrected chi connectivity index (χ0v) is 19.0. The van der Waals surface area contributed by atoms with Crippen LogP contribution in [0.25, 0.3) is 22.0 Å². The lowest BCUT2D eigenvalue weighted by atomic mass is 9.95. The SMILES string of the molecule is C=C/C=C(\C=C/C)C1(CN2Cc3c(-c4ccc5cnn(C)c5c4)ccc([N+](=O)[O-])c3C2=O)CO1. The van der Waals surface area contributed by atoms with Crippen molar-refractivity contribution in [2.24, 2.45) is 7.05 Å². The maximum Gasteiger partial charge on any atom is 0.282 e. The Kier molecular flexibility index (Phi) is 5.17. The molecule has 8 nitrogen and oxygen atoms in total. The molecule has 0 N–H and O–H groups in total. The molecule has 0 aliphatic carbocycles. The van der Waals surface area contributed by atoms with Gasteiger partial charge in [0.05, 0.1) is 29.8 Å². The number of carbonyl (C=O) groups excluding carboxylic acids is 1. The Morgan fingerprint density at radius 1 is 1.35 bits per heavy atom. The molecule has 3 aromatic rings. The number of amides is 1. The number of aromatic nitrogens is 2. The Bertz CT molecular complexity index is 1410. The van der Waals surface area contributed by atoms with E-state index in [1.807, 2.05) is 50.4 Å². The molecule has 0 radical (unpaired) electrons. The average molecular weight is 457 g/mol. The standard InChI is InChI=1S/C26H24N4O4/c1-4-6-19(7-5-2)26(16-34-26)15-29-14-21-20(10-11-22(30(32)33)24(21)25(29)31)17-8-9-18-13-27-28(3)23(18)12-17/h4-13H,1,14-16H2,2-3H3/b7-5-,19-6+. The number of rotatable bonds is 7. The van der Waals surface area contributed by atoms with Gasteiger partial charge in [-0.1, -0.05) is 43.0 Å². The number of hydrogen-bond acceptors (Lipinski definition) is 5. The summed E-state index contributed by atoms with van der Waals surface area (Å²) in [7, 11) is 1.87. The number of hydrogen-bond donors (Lipinski definition) is 0. The van der Waals surface area contributed by atoms with Crippen LogP contribution >= 0.6 is 0 Å². The average Bonchev–Trinajstić information content (AvgIpc) is 3.42. The highest BCUT2D eigenvalue weighted by molar-refractivity contribution is 6.04. The molecule has 2 aliphatic rings. The second kappa shape index (κ2) is 8.07. The molecule has 0 spiro atoms. The van der Waals surface area contributed by atoms with Crippen LogP contribution in [0.2, 0.25) is 0 Å². The summed E-state index contributed by atoms with van der Waals surface area (Å²) in [6, 6.07) is 9.09. The van der Waals surface area contributed by atoms with Gasteiger partial charge in [-0.05, 0) is 41.3 Å². The lowest BCUT2D eigenvalue weighted by molar-refractivity contribution is -0.385. The lowest BCUT2D eigenvalue weighted by Crippen LogP contribution is -2.36. The summed E-state index contributed by atoms with van der Waals surface area (Å²) in [6.07, 6.45) is 9.21. The van der Waals surface area contributed by atoms with E-state index >= 15 is 0 Å². The van der Waals surface area contributed by atoms with Crippen LogP contribution in [0, 0.1) is 10.1 Å². The first kappa shape index (κ1) is 21.8. The van der Waals surface area contributed by atoms with Crippen molar-refractivity contribution in [3.05, 3.63) is 94.2 Å². The molecule has 1 atom stereocenters. The zero-order chi connectivity index (χ0) is 24.0. The molecule has 0 bridgehead atoms. The Balaban J connectivity index is 1.57. The second-order valence-electron chi connectivity index (χ2n) is 8.59. The van der Waals surface area contributed by atoms with Crippen LogP contribution in [-0.4, -0.2) is 44.3 Å². The molecular formula is C26H24N4O4. The van der Waals surface area contributed by atoms with Crippen LogP contribution in [0.4, 0.5) is 5.69 Å². The lowest BCUT2D eigenvalue weighted by Gasteiger charge is -2.22. The number of aryl methyl sites for hydroxylation is 1. The summed E-state index contributed by atoms with van der Waals surface area (Å²) in [5.41, 5.74) is 3.58. The Morgan fingerprint density at radius 3 is 2.82 bits per heavy atom. The van der Waals surface area contributed by atoms with E-state index in [4.69, 9.17) is 4.74 Å². The monoisotopic (exact) mass is 456 g/mol. The van der Waals surface area contributed by atoms with Crippen LogP contribution in [0.3, 0.4) is 0 Å². The van der Waals surface area contributed by atoms with E-state index in [0.29, 0.717) is 18.7 Å².